The number of ether oxygens (including phenoxy) is 2. The van der Waals surface area contributed by atoms with Gasteiger partial charge in [-0.15, -0.1) is 10.2 Å². The number of hydrogen-bond donors (Lipinski definition) is 1. The van der Waals surface area contributed by atoms with E-state index in [2.05, 4.69) is 15.5 Å². The zero-order valence-electron chi connectivity index (χ0n) is 17.5. The van der Waals surface area contributed by atoms with Crippen LogP contribution in [-0.2, 0) is 0 Å². The molecule has 0 spiro atoms. The third kappa shape index (κ3) is 4.40. The van der Waals surface area contributed by atoms with Crippen molar-refractivity contribution in [2.24, 2.45) is 0 Å². The Morgan fingerprint density at radius 1 is 1.12 bits per heavy atom. The van der Waals surface area contributed by atoms with Crippen molar-refractivity contribution in [2.45, 2.75) is 18.9 Å². The van der Waals surface area contributed by atoms with Crippen LogP contribution in [0, 0.1) is 5.82 Å². The van der Waals surface area contributed by atoms with E-state index in [0.29, 0.717) is 34.3 Å². The van der Waals surface area contributed by atoms with Crippen LogP contribution in [0.3, 0.4) is 0 Å². The third-order valence-corrected chi connectivity index (χ3v) is 6.20. The van der Waals surface area contributed by atoms with Gasteiger partial charge < -0.3 is 19.7 Å². The van der Waals surface area contributed by atoms with Gasteiger partial charge in [0.15, 0.2) is 0 Å². The maximum atomic E-state index is 13.3. The van der Waals surface area contributed by atoms with Gasteiger partial charge in [0.05, 0.1) is 25.8 Å². The first-order valence-electron chi connectivity index (χ1n) is 9.93. The van der Waals surface area contributed by atoms with Gasteiger partial charge in [-0.05, 0) is 49.2 Å². The van der Waals surface area contributed by atoms with Gasteiger partial charge >= 0.3 is 0 Å². The molecular weight excluding hydrogens is 435 g/mol. The van der Waals surface area contributed by atoms with Gasteiger partial charge in [-0.1, -0.05) is 11.3 Å². The monoisotopic (exact) mass is 456 g/mol. The summed E-state index contributed by atoms with van der Waals surface area (Å²) in [7, 11) is 3.05. The predicted molar refractivity (Wildman–Crippen MR) is 117 cm³/mol. The molecule has 8 nitrogen and oxygen atoms in total. The number of amides is 2. The van der Waals surface area contributed by atoms with E-state index in [4.69, 9.17) is 9.47 Å². The number of hydrogen-bond acceptors (Lipinski definition) is 7. The Balaban J connectivity index is 1.51. The van der Waals surface area contributed by atoms with Crippen LogP contribution in [0.1, 0.15) is 44.1 Å². The van der Waals surface area contributed by atoms with E-state index in [0.717, 1.165) is 24.2 Å². The van der Waals surface area contributed by atoms with E-state index in [1.165, 1.54) is 31.4 Å². The van der Waals surface area contributed by atoms with Gasteiger partial charge in [0, 0.05) is 18.3 Å². The summed E-state index contributed by atoms with van der Waals surface area (Å²) in [6, 6.07) is 10.2. The van der Waals surface area contributed by atoms with E-state index >= 15 is 0 Å². The fraction of sp³-hybridized carbons (Fsp3) is 0.273. The molecule has 1 atom stereocenters. The maximum Gasteiger partial charge on any atom is 0.286 e. The number of benzene rings is 2. The molecule has 32 heavy (non-hydrogen) atoms. The zero-order chi connectivity index (χ0) is 22.7. The number of aromatic nitrogens is 2. The Morgan fingerprint density at radius 3 is 2.62 bits per heavy atom. The van der Waals surface area contributed by atoms with Crippen molar-refractivity contribution in [3.63, 3.8) is 0 Å². The van der Waals surface area contributed by atoms with Crippen molar-refractivity contribution < 1.29 is 23.5 Å². The van der Waals surface area contributed by atoms with Crippen molar-refractivity contribution in [2.75, 3.05) is 26.1 Å². The van der Waals surface area contributed by atoms with Crippen LogP contribution < -0.4 is 14.8 Å². The normalized spacial score (nSPS) is 15.5. The second kappa shape index (κ2) is 9.31. The predicted octanol–water partition coefficient (Wildman–Crippen LogP) is 3.92. The lowest BCUT2D eigenvalue weighted by molar-refractivity contribution is 0.0731. The second-order valence-corrected chi connectivity index (χ2v) is 8.14. The molecule has 166 valence electrons. The van der Waals surface area contributed by atoms with Crippen molar-refractivity contribution in [3.05, 3.63) is 63.9 Å². The van der Waals surface area contributed by atoms with E-state index in [-0.39, 0.29) is 22.8 Å². The number of carbonyl (C=O) groups is 2. The summed E-state index contributed by atoms with van der Waals surface area (Å²) in [6.07, 6.45) is 1.53. The van der Waals surface area contributed by atoms with Gasteiger partial charge in [-0.2, -0.15) is 0 Å². The van der Waals surface area contributed by atoms with Crippen molar-refractivity contribution in [3.8, 4) is 11.5 Å². The molecule has 10 heteroatoms. The molecule has 1 saturated heterocycles. The van der Waals surface area contributed by atoms with Crippen molar-refractivity contribution >= 4 is 28.8 Å². The zero-order valence-corrected chi connectivity index (χ0v) is 18.3. The summed E-state index contributed by atoms with van der Waals surface area (Å²) in [5.41, 5.74) is 0.886. The molecule has 1 aliphatic heterocycles. The standard InChI is InChI=1S/C22H21FN4O4S/c1-30-15-9-10-16(18(12-15)31-2)22(29)27-11-3-4-17(27)20-25-26-21(32-20)19(28)24-14-7-5-13(23)6-8-14/h5-10,12,17H,3-4,11H2,1-2H3,(H,24,28)/t17-/m1/s1. The number of rotatable bonds is 6. The third-order valence-electron chi connectivity index (χ3n) is 5.17. The molecular formula is C22H21FN4O4S. The Labute approximate surface area is 188 Å². The summed E-state index contributed by atoms with van der Waals surface area (Å²) in [4.78, 5) is 27.5. The molecule has 0 saturated carbocycles. The SMILES string of the molecule is COc1ccc(C(=O)N2CCC[C@@H]2c2nnc(C(=O)Nc3ccc(F)cc3)s2)c(OC)c1. The van der Waals surface area contributed by atoms with Gasteiger partial charge in [0.25, 0.3) is 11.8 Å². The molecule has 2 aromatic carbocycles. The lowest BCUT2D eigenvalue weighted by atomic mass is 10.1. The van der Waals surface area contributed by atoms with Crippen LogP contribution in [-0.4, -0.2) is 47.7 Å². The fourth-order valence-electron chi connectivity index (χ4n) is 3.58. The summed E-state index contributed by atoms with van der Waals surface area (Å²) >= 11 is 1.14. The minimum atomic E-state index is -0.437. The van der Waals surface area contributed by atoms with Crippen LogP contribution in [0.5, 0.6) is 11.5 Å². The second-order valence-electron chi connectivity index (χ2n) is 7.13. The number of halogens is 1. The average molecular weight is 456 g/mol. The number of carbonyl (C=O) groups excluding carboxylic acids is 2. The molecule has 3 aromatic rings. The average Bonchev–Trinajstić information content (AvgIpc) is 3.49. The summed E-state index contributed by atoms with van der Waals surface area (Å²) in [5.74, 6) is 0.0159. The smallest absolute Gasteiger partial charge is 0.286 e. The largest absolute Gasteiger partial charge is 0.497 e. The van der Waals surface area contributed by atoms with Gasteiger partial charge in [-0.25, -0.2) is 4.39 Å². The van der Waals surface area contributed by atoms with Gasteiger partial charge in [-0.3, -0.25) is 9.59 Å². The molecule has 0 bridgehead atoms. The summed E-state index contributed by atoms with van der Waals surface area (Å²) in [6.45, 7) is 0.565. The minimum Gasteiger partial charge on any atom is -0.497 e. The Bertz CT molecular complexity index is 1140. The van der Waals surface area contributed by atoms with Crippen molar-refractivity contribution in [1.29, 1.82) is 0 Å². The number of likely N-dealkylation sites (tertiary alicyclic amines) is 1. The first-order chi connectivity index (χ1) is 15.5. The summed E-state index contributed by atoms with van der Waals surface area (Å²) < 4.78 is 23.6. The van der Waals surface area contributed by atoms with E-state index < -0.39 is 5.91 Å². The maximum absolute atomic E-state index is 13.3. The topological polar surface area (TPSA) is 93.7 Å². The molecule has 2 heterocycles. The lowest BCUT2D eigenvalue weighted by Crippen LogP contribution is -2.30. The molecule has 2 amide bonds. The van der Waals surface area contributed by atoms with Crippen LogP contribution in [0.15, 0.2) is 42.5 Å². The highest BCUT2D eigenvalue weighted by Gasteiger charge is 2.34. The van der Waals surface area contributed by atoms with Crippen molar-refractivity contribution in [1.82, 2.24) is 15.1 Å². The van der Waals surface area contributed by atoms with Gasteiger partial charge in [0.1, 0.15) is 22.3 Å². The molecule has 1 fully saturated rings. The fourth-order valence-corrected chi connectivity index (χ4v) is 4.46. The molecule has 1 N–H and O–H groups in total. The van der Waals surface area contributed by atoms with Crippen LogP contribution >= 0.6 is 11.3 Å². The summed E-state index contributed by atoms with van der Waals surface area (Å²) in [5, 5.41) is 11.6. The quantitative estimate of drug-likeness (QED) is 0.604. The molecule has 0 unspecified atom stereocenters. The Hall–Kier alpha value is -3.53. The highest BCUT2D eigenvalue weighted by atomic mass is 32.1. The Kier molecular flexibility index (Phi) is 6.31. The first kappa shape index (κ1) is 21.7. The molecule has 1 aliphatic rings. The highest BCUT2D eigenvalue weighted by molar-refractivity contribution is 7.13. The highest BCUT2D eigenvalue weighted by Crippen LogP contribution is 2.36. The molecule has 4 rings (SSSR count). The Morgan fingerprint density at radius 2 is 1.91 bits per heavy atom. The number of nitrogens with one attached hydrogen (secondary N) is 1. The van der Waals surface area contributed by atoms with Crippen LogP contribution in [0.4, 0.5) is 10.1 Å². The van der Waals surface area contributed by atoms with Crippen LogP contribution in [0.2, 0.25) is 0 Å². The molecule has 1 aromatic heterocycles. The molecule has 0 radical (unpaired) electrons. The molecule has 0 aliphatic carbocycles. The number of nitrogens with zero attached hydrogens (tertiary/aromatic N) is 3. The van der Waals surface area contributed by atoms with E-state index in [9.17, 15) is 14.0 Å². The minimum absolute atomic E-state index is 0.172. The first-order valence-corrected chi connectivity index (χ1v) is 10.7. The van der Waals surface area contributed by atoms with Gasteiger partial charge in [0.2, 0.25) is 5.01 Å². The lowest BCUT2D eigenvalue weighted by Gasteiger charge is -2.23. The number of methoxy groups -OCH3 is 2. The number of anilines is 1. The van der Waals surface area contributed by atoms with E-state index in [1.54, 1.807) is 30.2 Å². The van der Waals surface area contributed by atoms with Crippen LogP contribution in [0.25, 0.3) is 0 Å². The van der Waals surface area contributed by atoms with E-state index in [1.807, 2.05) is 0 Å².